The Hall–Kier alpha value is -1.06. The van der Waals surface area contributed by atoms with Crippen LogP contribution in [0.3, 0.4) is 0 Å². The summed E-state index contributed by atoms with van der Waals surface area (Å²) >= 11 is 3.23. The molecule has 0 radical (unpaired) electrons. The summed E-state index contributed by atoms with van der Waals surface area (Å²) in [5.74, 6) is 0. The predicted molar refractivity (Wildman–Crippen MR) is 44.8 cm³/mol. The highest BCUT2D eigenvalue weighted by Gasteiger charge is 1.95. The summed E-state index contributed by atoms with van der Waals surface area (Å²) in [4.78, 5) is 6.61. The maximum Gasteiger partial charge on any atom is 0.109 e. The van der Waals surface area contributed by atoms with Gasteiger partial charge in [0.25, 0.3) is 0 Å². The maximum atomic E-state index is 8.04. The molecule has 0 saturated carbocycles. The summed E-state index contributed by atoms with van der Waals surface area (Å²) in [6, 6.07) is 3.65. The minimum absolute atomic E-state index is 0.338. The number of hydrogen-bond donors (Lipinski definition) is 0. The van der Waals surface area contributed by atoms with Crippen molar-refractivity contribution in [3.05, 3.63) is 38.9 Å². The third-order valence-corrected chi connectivity index (χ3v) is 1.85. The topological polar surface area (TPSA) is 61.7 Å². The fourth-order valence-electron chi connectivity index (χ4n) is 0.645. The highest BCUT2D eigenvalue weighted by molar-refractivity contribution is 9.10. The SMILES string of the molecule is [N-]=[N+]=NCc1cccnc1Br. The number of pyridine rings is 1. The Bertz CT molecular complexity index is 292. The minimum Gasteiger partial charge on any atom is -0.249 e. The molecule has 0 aromatic carbocycles. The van der Waals surface area contributed by atoms with Gasteiger partial charge < -0.3 is 0 Å². The van der Waals surface area contributed by atoms with Gasteiger partial charge in [0.05, 0.1) is 6.54 Å². The van der Waals surface area contributed by atoms with Gasteiger partial charge in [-0.15, -0.1) is 0 Å². The first kappa shape index (κ1) is 8.04. The van der Waals surface area contributed by atoms with E-state index in [-0.39, 0.29) is 0 Å². The number of nitrogens with zero attached hydrogens (tertiary/aromatic N) is 4. The quantitative estimate of drug-likeness (QED) is 0.322. The molecule has 4 nitrogen and oxygen atoms in total. The van der Waals surface area contributed by atoms with Crippen LogP contribution in [0.15, 0.2) is 28.0 Å². The summed E-state index contributed by atoms with van der Waals surface area (Å²) in [5.41, 5.74) is 8.93. The zero-order valence-electron chi connectivity index (χ0n) is 5.61. The third-order valence-electron chi connectivity index (χ3n) is 1.14. The molecule has 1 rings (SSSR count). The van der Waals surface area contributed by atoms with Gasteiger partial charge in [-0.25, -0.2) is 4.98 Å². The molecule has 0 amide bonds. The molecule has 0 bridgehead atoms. The van der Waals surface area contributed by atoms with Gasteiger partial charge in [0.15, 0.2) is 0 Å². The number of aromatic nitrogens is 1. The van der Waals surface area contributed by atoms with Gasteiger partial charge in [-0.1, -0.05) is 11.2 Å². The summed E-state index contributed by atoms with van der Waals surface area (Å²) in [7, 11) is 0. The van der Waals surface area contributed by atoms with Gasteiger partial charge in [0.1, 0.15) is 4.60 Å². The smallest absolute Gasteiger partial charge is 0.109 e. The molecular weight excluding hydrogens is 208 g/mol. The number of rotatable bonds is 2. The van der Waals surface area contributed by atoms with Crippen LogP contribution in [0, 0.1) is 0 Å². The molecule has 1 aromatic rings. The Morgan fingerprint density at radius 2 is 2.55 bits per heavy atom. The van der Waals surface area contributed by atoms with Crippen molar-refractivity contribution < 1.29 is 0 Å². The van der Waals surface area contributed by atoms with Crippen molar-refractivity contribution in [2.75, 3.05) is 0 Å². The Morgan fingerprint density at radius 1 is 1.73 bits per heavy atom. The van der Waals surface area contributed by atoms with Gasteiger partial charge in [0.2, 0.25) is 0 Å². The highest BCUT2D eigenvalue weighted by Crippen LogP contribution is 2.12. The normalized spacial score (nSPS) is 8.82. The molecule has 56 valence electrons. The van der Waals surface area contributed by atoms with Crippen LogP contribution in [0.1, 0.15) is 5.56 Å². The van der Waals surface area contributed by atoms with Crippen molar-refractivity contribution >= 4 is 15.9 Å². The average molecular weight is 213 g/mol. The van der Waals surface area contributed by atoms with Crippen molar-refractivity contribution in [3.63, 3.8) is 0 Å². The zero-order valence-corrected chi connectivity index (χ0v) is 7.19. The van der Waals surface area contributed by atoms with Crippen LogP contribution < -0.4 is 0 Å². The lowest BCUT2D eigenvalue weighted by molar-refractivity contribution is 1.01. The second kappa shape index (κ2) is 3.95. The first-order chi connectivity index (χ1) is 5.34. The van der Waals surface area contributed by atoms with E-state index in [9.17, 15) is 0 Å². The lowest BCUT2D eigenvalue weighted by atomic mass is 10.3. The molecule has 5 heteroatoms. The molecule has 0 fully saturated rings. The van der Waals surface area contributed by atoms with Crippen molar-refractivity contribution in [2.45, 2.75) is 6.54 Å². The van der Waals surface area contributed by atoms with Crippen LogP contribution in [0.25, 0.3) is 10.4 Å². The molecule has 11 heavy (non-hydrogen) atoms. The molecule has 0 unspecified atom stereocenters. The Kier molecular flexibility index (Phi) is 2.89. The number of azide groups is 1. The maximum absolute atomic E-state index is 8.04. The van der Waals surface area contributed by atoms with Crippen LogP contribution in [0.4, 0.5) is 0 Å². The van der Waals surface area contributed by atoms with Crippen molar-refractivity contribution in [1.82, 2.24) is 4.98 Å². The largest absolute Gasteiger partial charge is 0.249 e. The van der Waals surface area contributed by atoms with E-state index in [2.05, 4.69) is 30.9 Å². The van der Waals surface area contributed by atoms with Crippen LogP contribution in [-0.2, 0) is 6.54 Å². The molecule has 0 spiro atoms. The van der Waals surface area contributed by atoms with Gasteiger partial charge >= 0.3 is 0 Å². The molecule has 1 heterocycles. The van der Waals surface area contributed by atoms with Gasteiger partial charge in [-0.05, 0) is 33.1 Å². The molecule has 0 aliphatic carbocycles. The van der Waals surface area contributed by atoms with E-state index in [0.717, 1.165) is 10.2 Å². The van der Waals surface area contributed by atoms with Crippen LogP contribution in [0.5, 0.6) is 0 Å². The first-order valence-corrected chi connectivity index (χ1v) is 3.74. The summed E-state index contributed by atoms with van der Waals surface area (Å²) in [5, 5.41) is 3.41. The Labute approximate surface area is 72.0 Å². The highest BCUT2D eigenvalue weighted by atomic mass is 79.9. The van der Waals surface area contributed by atoms with Crippen molar-refractivity contribution in [1.29, 1.82) is 0 Å². The monoisotopic (exact) mass is 212 g/mol. The van der Waals surface area contributed by atoms with Gasteiger partial charge in [0, 0.05) is 11.1 Å². The van der Waals surface area contributed by atoms with E-state index in [1.165, 1.54) is 0 Å². The fourth-order valence-corrected chi connectivity index (χ4v) is 1.02. The van der Waals surface area contributed by atoms with E-state index in [0.29, 0.717) is 6.54 Å². The lowest BCUT2D eigenvalue weighted by Crippen LogP contribution is -1.84. The minimum atomic E-state index is 0.338. The number of hydrogen-bond acceptors (Lipinski definition) is 2. The molecule has 0 N–H and O–H groups in total. The first-order valence-electron chi connectivity index (χ1n) is 2.95. The van der Waals surface area contributed by atoms with Gasteiger partial charge in [-0.2, -0.15) is 0 Å². The van der Waals surface area contributed by atoms with Crippen molar-refractivity contribution in [3.8, 4) is 0 Å². The standard InChI is InChI=1S/C6H5BrN4/c7-6-5(4-10-11-8)2-1-3-9-6/h1-3H,4H2. The van der Waals surface area contributed by atoms with Crippen molar-refractivity contribution in [2.24, 2.45) is 5.11 Å². The van der Waals surface area contributed by atoms with Crippen LogP contribution in [-0.4, -0.2) is 4.98 Å². The van der Waals surface area contributed by atoms with E-state index in [1.807, 2.05) is 6.07 Å². The second-order valence-electron chi connectivity index (χ2n) is 1.84. The lowest BCUT2D eigenvalue weighted by Gasteiger charge is -1.95. The summed E-state index contributed by atoms with van der Waals surface area (Å²) in [6.45, 7) is 0.338. The predicted octanol–water partition coefficient (Wildman–Crippen LogP) is 2.65. The van der Waals surface area contributed by atoms with E-state index in [1.54, 1.807) is 12.3 Å². The molecule has 0 saturated heterocycles. The molecular formula is C6H5BrN4. The van der Waals surface area contributed by atoms with E-state index >= 15 is 0 Å². The van der Waals surface area contributed by atoms with Gasteiger partial charge in [-0.3, -0.25) is 0 Å². The van der Waals surface area contributed by atoms with E-state index < -0.39 is 0 Å². The third kappa shape index (κ3) is 2.22. The Morgan fingerprint density at radius 3 is 3.18 bits per heavy atom. The number of halogens is 1. The molecule has 0 atom stereocenters. The molecule has 1 aromatic heterocycles. The second-order valence-corrected chi connectivity index (χ2v) is 2.59. The molecule has 0 aliphatic rings. The average Bonchev–Trinajstić information content (AvgIpc) is 2.03. The van der Waals surface area contributed by atoms with Crippen LogP contribution in [0.2, 0.25) is 0 Å². The summed E-state index contributed by atoms with van der Waals surface area (Å²) < 4.78 is 0.729. The fraction of sp³-hybridized carbons (Fsp3) is 0.167. The van der Waals surface area contributed by atoms with Crippen LogP contribution >= 0.6 is 15.9 Å². The zero-order chi connectivity index (χ0) is 8.10. The summed E-state index contributed by atoms with van der Waals surface area (Å²) in [6.07, 6.45) is 1.67. The van der Waals surface area contributed by atoms with E-state index in [4.69, 9.17) is 5.53 Å². The molecule has 0 aliphatic heterocycles. The Balaban J connectivity index is 2.85.